The number of hydrogen-bond donors (Lipinski definition) is 2. The van der Waals surface area contributed by atoms with E-state index in [4.69, 9.17) is 0 Å². The molecule has 4 unspecified atom stereocenters. The smallest absolute Gasteiger partial charge is 0.224 e. The number of rotatable bonds is 2. The molecule has 2 aliphatic carbocycles. The standard InChI is InChI=1S/C19H26N2O.ClH/c1-13-8-10-20-12-17(13)21-18(22)16-11-19(16)9-4-6-14-5-2-3-7-15(14)19;/h2-3,5,7,13,16-17,20H,4,6,8-12H2,1H3,(H,21,22);1H. The van der Waals surface area contributed by atoms with E-state index >= 15 is 0 Å². The highest BCUT2D eigenvalue weighted by molar-refractivity contribution is 5.85. The van der Waals surface area contributed by atoms with Gasteiger partial charge in [0.15, 0.2) is 0 Å². The van der Waals surface area contributed by atoms with Crippen LogP contribution in [0.4, 0.5) is 0 Å². The number of carbonyl (C=O) groups excluding carboxylic acids is 1. The summed E-state index contributed by atoms with van der Waals surface area (Å²) in [5.41, 5.74) is 3.08. The third-order valence-electron chi connectivity index (χ3n) is 6.17. The summed E-state index contributed by atoms with van der Waals surface area (Å²) >= 11 is 0. The van der Waals surface area contributed by atoms with E-state index in [9.17, 15) is 4.79 Å². The fourth-order valence-electron chi connectivity index (χ4n) is 4.64. The zero-order valence-corrected chi connectivity index (χ0v) is 14.6. The second-order valence-electron chi connectivity index (χ2n) is 7.51. The fourth-order valence-corrected chi connectivity index (χ4v) is 4.64. The topological polar surface area (TPSA) is 41.1 Å². The maximum atomic E-state index is 12.8. The molecule has 1 spiro atoms. The number of piperidine rings is 1. The van der Waals surface area contributed by atoms with Gasteiger partial charge < -0.3 is 10.6 Å². The fraction of sp³-hybridized carbons (Fsp3) is 0.632. The Kier molecular flexibility index (Phi) is 4.70. The molecule has 0 aromatic heterocycles. The second-order valence-corrected chi connectivity index (χ2v) is 7.51. The van der Waals surface area contributed by atoms with Crippen molar-refractivity contribution < 1.29 is 4.79 Å². The lowest BCUT2D eigenvalue weighted by atomic mass is 9.78. The van der Waals surface area contributed by atoms with Crippen molar-refractivity contribution >= 4 is 18.3 Å². The van der Waals surface area contributed by atoms with E-state index in [0.717, 1.165) is 25.9 Å². The number of hydrogen-bond acceptors (Lipinski definition) is 2. The van der Waals surface area contributed by atoms with Crippen LogP contribution in [0.25, 0.3) is 0 Å². The molecule has 23 heavy (non-hydrogen) atoms. The summed E-state index contributed by atoms with van der Waals surface area (Å²) in [5, 5.41) is 6.73. The first-order chi connectivity index (χ1) is 10.7. The molecule has 1 aromatic rings. The molecular formula is C19H27ClN2O. The highest BCUT2D eigenvalue weighted by atomic mass is 35.5. The molecular weight excluding hydrogens is 308 g/mol. The molecule has 4 atom stereocenters. The van der Waals surface area contributed by atoms with Gasteiger partial charge in [-0.3, -0.25) is 4.79 Å². The molecule has 1 heterocycles. The van der Waals surface area contributed by atoms with Gasteiger partial charge in [-0.05, 0) is 55.7 Å². The molecule has 1 saturated carbocycles. The van der Waals surface area contributed by atoms with Crippen LogP contribution in [0, 0.1) is 11.8 Å². The Labute approximate surface area is 145 Å². The van der Waals surface area contributed by atoms with Gasteiger partial charge in [0, 0.05) is 23.9 Å². The maximum Gasteiger partial charge on any atom is 0.224 e. The lowest BCUT2D eigenvalue weighted by molar-refractivity contribution is -0.124. The highest BCUT2D eigenvalue weighted by Gasteiger charge is 2.60. The first kappa shape index (κ1) is 16.8. The molecule has 1 aliphatic heterocycles. The van der Waals surface area contributed by atoms with Crippen molar-refractivity contribution in [2.24, 2.45) is 11.8 Å². The van der Waals surface area contributed by atoms with Crippen LogP contribution in [-0.4, -0.2) is 25.0 Å². The Bertz CT molecular complexity index is 590. The Morgan fingerprint density at radius 3 is 3.00 bits per heavy atom. The third kappa shape index (κ3) is 2.89. The van der Waals surface area contributed by atoms with Crippen LogP contribution in [0.1, 0.15) is 43.7 Å². The van der Waals surface area contributed by atoms with Crippen LogP contribution in [0.2, 0.25) is 0 Å². The Morgan fingerprint density at radius 1 is 1.35 bits per heavy atom. The predicted molar refractivity (Wildman–Crippen MR) is 95.0 cm³/mol. The number of halogens is 1. The molecule has 1 amide bonds. The predicted octanol–water partition coefficient (Wildman–Crippen LogP) is 2.82. The molecule has 1 saturated heterocycles. The average molecular weight is 335 g/mol. The molecule has 0 bridgehead atoms. The van der Waals surface area contributed by atoms with Crippen molar-refractivity contribution in [3.8, 4) is 0 Å². The van der Waals surface area contributed by atoms with E-state index in [2.05, 4.69) is 41.8 Å². The van der Waals surface area contributed by atoms with E-state index in [1.807, 2.05) is 0 Å². The molecule has 0 radical (unpaired) electrons. The van der Waals surface area contributed by atoms with Crippen LogP contribution in [0.5, 0.6) is 0 Å². The normalized spacial score (nSPS) is 35.1. The van der Waals surface area contributed by atoms with E-state index in [1.54, 1.807) is 0 Å². The molecule has 2 N–H and O–H groups in total. The lowest BCUT2D eigenvalue weighted by Gasteiger charge is -2.31. The summed E-state index contributed by atoms with van der Waals surface area (Å²) in [6.45, 7) is 4.25. The minimum absolute atomic E-state index is 0. The molecule has 4 heteroatoms. The van der Waals surface area contributed by atoms with Gasteiger partial charge in [-0.25, -0.2) is 0 Å². The molecule has 126 valence electrons. The van der Waals surface area contributed by atoms with Gasteiger partial charge in [-0.15, -0.1) is 12.4 Å². The summed E-state index contributed by atoms with van der Waals surface area (Å²) in [6.07, 6.45) is 5.78. The van der Waals surface area contributed by atoms with Crippen molar-refractivity contribution in [2.45, 2.75) is 50.5 Å². The summed E-state index contributed by atoms with van der Waals surface area (Å²) in [5.74, 6) is 1.07. The van der Waals surface area contributed by atoms with Crippen LogP contribution in [0.3, 0.4) is 0 Å². The van der Waals surface area contributed by atoms with E-state index in [-0.39, 0.29) is 29.6 Å². The van der Waals surface area contributed by atoms with E-state index < -0.39 is 0 Å². The first-order valence-corrected chi connectivity index (χ1v) is 8.80. The van der Waals surface area contributed by atoms with Gasteiger partial charge >= 0.3 is 0 Å². The van der Waals surface area contributed by atoms with Crippen molar-refractivity contribution in [2.75, 3.05) is 13.1 Å². The van der Waals surface area contributed by atoms with Gasteiger partial charge in [0.25, 0.3) is 0 Å². The van der Waals surface area contributed by atoms with Crippen LogP contribution < -0.4 is 10.6 Å². The number of aryl methyl sites for hydroxylation is 1. The summed E-state index contributed by atoms with van der Waals surface area (Å²) < 4.78 is 0. The number of amides is 1. The quantitative estimate of drug-likeness (QED) is 0.873. The number of fused-ring (bicyclic) bond motifs is 2. The zero-order valence-electron chi connectivity index (χ0n) is 13.8. The largest absolute Gasteiger partial charge is 0.352 e. The Morgan fingerprint density at radius 2 is 2.17 bits per heavy atom. The van der Waals surface area contributed by atoms with Crippen molar-refractivity contribution in [1.29, 1.82) is 0 Å². The van der Waals surface area contributed by atoms with Crippen molar-refractivity contribution in [1.82, 2.24) is 10.6 Å². The van der Waals surface area contributed by atoms with Gasteiger partial charge in [-0.1, -0.05) is 31.2 Å². The molecule has 2 fully saturated rings. The van der Waals surface area contributed by atoms with E-state index in [0.29, 0.717) is 12.0 Å². The van der Waals surface area contributed by atoms with Crippen LogP contribution in [-0.2, 0) is 16.6 Å². The Hall–Kier alpha value is -1.06. The van der Waals surface area contributed by atoms with Gasteiger partial charge in [0.05, 0.1) is 0 Å². The second kappa shape index (κ2) is 6.45. The van der Waals surface area contributed by atoms with E-state index in [1.165, 1.54) is 30.4 Å². The molecule has 4 rings (SSSR count). The number of benzene rings is 1. The molecule has 3 aliphatic rings. The van der Waals surface area contributed by atoms with Gasteiger partial charge in [0.2, 0.25) is 5.91 Å². The molecule has 3 nitrogen and oxygen atoms in total. The average Bonchev–Trinajstić information content (AvgIpc) is 3.25. The van der Waals surface area contributed by atoms with Crippen LogP contribution in [0.15, 0.2) is 24.3 Å². The number of nitrogens with one attached hydrogen (secondary N) is 2. The maximum absolute atomic E-state index is 12.8. The minimum Gasteiger partial charge on any atom is -0.352 e. The minimum atomic E-state index is 0. The highest BCUT2D eigenvalue weighted by Crippen LogP contribution is 2.60. The zero-order chi connectivity index (χ0) is 15.2. The van der Waals surface area contributed by atoms with Gasteiger partial charge in [-0.2, -0.15) is 0 Å². The first-order valence-electron chi connectivity index (χ1n) is 8.80. The van der Waals surface area contributed by atoms with Gasteiger partial charge in [0.1, 0.15) is 0 Å². The summed E-state index contributed by atoms with van der Waals surface area (Å²) in [7, 11) is 0. The lowest BCUT2D eigenvalue weighted by Crippen LogP contribution is -2.51. The SMILES string of the molecule is CC1CCNCC1NC(=O)C1CC12CCCc1ccccc12.Cl. The summed E-state index contributed by atoms with van der Waals surface area (Å²) in [6, 6.07) is 9.07. The van der Waals surface area contributed by atoms with Crippen molar-refractivity contribution in [3.05, 3.63) is 35.4 Å². The summed E-state index contributed by atoms with van der Waals surface area (Å²) in [4.78, 5) is 12.8. The monoisotopic (exact) mass is 334 g/mol. The Balaban J connectivity index is 0.00000156. The van der Waals surface area contributed by atoms with Crippen LogP contribution >= 0.6 is 12.4 Å². The third-order valence-corrected chi connectivity index (χ3v) is 6.17. The molecule has 1 aromatic carbocycles. The van der Waals surface area contributed by atoms with Crippen molar-refractivity contribution in [3.63, 3.8) is 0 Å². The number of carbonyl (C=O) groups is 1.